The quantitative estimate of drug-likeness (QED) is 0.920. The van der Waals surface area contributed by atoms with Crippen molar-refractivity contribution in [2.75, 3.05) is 24.5 Å². The van der Waals surface area contributed by atoms with Crippen LogP contribution in [0, 0.1) is 0 Å². The predicted octanol–water partition coefficient (Wildman–Crippen LogP) is 1.26. The van der Waals surface area contributed by atoms with Crippen LogP contribution in [0.4, 0.5) is 5.82 Å². The Balaban J connectivity index is 1.60. The summed E-state index contributed by atoms with van der Waals surface area (Å²) in [5.41, 5.74) is 0.358. The highest BCUT2D eigenvalue weighted by Crippen LogP contribution is 2.24. The van der Waals surface area contributed by atoms with Crippen molar-refractivity contribution in [1.82, 2.24) is 25.3 Å². The average molecular weight is 300 g/mol. The molecule has 1 saturated heterocycles. The van der Waals surface area contributed by atoms with E-state index in [1.807, 2.05) is 36.1 Å². The first kappa shape index (κ1) is 14.5. The molecule has 3 heterocycles. The van der Waals surface area contributed by atoms with Crippen molar-refractivity contribution in [2.24, 2.45) is 0 Å². The third-order valence-electron chi connectivity index (χ3n) is 3.91. The zero-order valence-electron chi connectivity index (χ0n) is 12.6. The maximum absolute atomic E-state index is 11.7. The summed E-state index contributed by atoms with van der Waals surface area (Å²) in [6.07, 6.45) is 5.89. The van der Waals surface area contributed by atoms with Crippen LogP contribution in [0.3, 0.4) is 0 Å². The molecule has 1 aliphatic rings. The number of aromatic nitrogens is 4. The first-order chi connectivity index (χ1) is 10.8. The van der Waals surface area contributed by atoms with Crippen molar-refractivity contribution < 1.29 is 4.79 Å². The van der Waals surface area contributed by atoms with Gasteiger partial charge in [-0.15, -0.1) is 10.2 Å². The van der Waals surface area contributed by atoms with Crippen molar-refractivity contribution in [3.8, 4) is 0 Å². The Labute approximate surface area is 129 Å². The molecule has 0 aromatic carbocycles. The number of piperidine rings is 1. The molecule has 1 aliphatic heterocycles. The van der Waals surface area contributed by atoms with Crippen LogP contribution in [0.15, 0.2) is 30.6 Å². The SMILES string of the molecule is CCNC(=O)c1ccc(N2CCC(n3cccn3)CC2)nn1. The Bertz CT molecular complexity index is 601. The van der Waals surface area contributed by atoms with Gasteiger partial charge in [-0.2, -0.15) is 5.10 Å². The molecule has 7 heteroatoms. The van der Waals surface area contributed by atoms with E-state index < -0.39 is 0 Å². The van der Waals surface area contributed by atoms with Crippen molar-refractivity contribution >= 4 is 11.7 Å². The van der Waals surface area contributed by atoms with Crippen molar-refractivity contribution in [3.63, 3.8) is 0 Å². The lowest BCUT2D eigenvalue weighted by Crippen LogP contribution is -2.35. The fraction of sp³-hybridized carbons (Fsp3) is 0.467. The molecule has 0 radical (unpaired) electrons. The second-order valence-electron chi connectivity index (χ2n) is 5.34. The third-order valence-corrected chi connectivity index (χ3v) is 3.91. The number of anilines is 1. The van der Waals surface area contributed by atoms with E-state index in [0.29, 0.717) is 18.3 Å². The summed E-state index contributed by atoms with van der Waals surface area (Å²) in [4.78, 5) is 13.9. The zero-order chi connectivity index (χ0) is 15.4. The Morgan fingerprint density at radius 3 is 2.73 bits per heavy atom. The van der Waals surface area contributed by atoms with Gasteiger partial charge in [-0.1, -0.05) is 0 Å². The average Bonchev–Trinajstić information content (AvgIpc) is 3.10. The van der Waals surface area contributed by atoms with Crippen LogP contribution in [0.1, 0.15) is 36.3 Å². The summed E-state index contributed by atoms with van der Waals surface area (Å²) < 4.78 is 2.03. The van der Waals surface area contributed by atoms with Crippen LogP contribution in [0.25, 0.3) is 0 Å². The molecule has 1 fully saturated rings. The molecular weight excluding hydrogens is 280 g/mol. The van der Waals surface area contributed by atoms with E-state index in [-0.39, 0.29) is 5.91 Å². The van der Waals surface area contributed by atoms with Crippen molar-refractivity contribution in [1.29, 1.82) is 0 Å². The summed E-state index contributed by atoms with van der Waals surface area (Å²) in [5, 5.41) is 15.2. The lowest BCUT2D eigenvalue weighted by Gasteiger charge is -2.32. The van der Waals surface area contributed by atoms with E-state index >= 15 is 0 Å². The van der Waals surface area contributed by atoms with E-state index in [4.69, 9.17) is 0 Å². The van der Waals surface area contributed by atoms with Crippen LogP contribution in [-0.2, 0) is 0 Å². The molecule has 0 bridgehead atoms. The monoisotopic (exact) mass is 300 g/mol. The topological polar surface area (TPSA) is 75.9 Å². The number of amides is 1. The number of carbonyl (C=O) groups excluding carboxylic acids is 1. The Morgan fingerprint density at radius 2 is 2.14 bits per heavy atom. The summed E-state index contributed by atoms with van der Waals surface area (Å²) in [5.74, 6) is 0.644. The highest BCUT2D eigenvalue weighted by atomic mass is 16.1. The number of hydrogen-bond acceptors (Lipinski definition) is 5. The van der Waals surface area contributed by atoms with Gasteiger partial charge >= 0.3 is 0 Å². The van der Waals surface area contributed by atoms with Gasteiger partial charge in [0, 0.05) is 32.0 Å². The van der Waals surface area contributed by atoms with Gasteiger partial charge in [0.1, 0.15) is 0 Å². The van der Waals surface area contributed by atoms with Crippen molar-refractivity contribution in [3.05, 3.63) is 36.3 Å². The number of nitrogens with one attached hydrogen (secondary N) is 1. The fourth-order valence-corrected chi connectivity index (χ4v) is 2.72. The highest BCUT2D eigenvalue weighted by Gasteiger charge is 2.22. The van der Waals surface area contributed by atoms with Gasteiger partial charge in [-0.05, 0) is 38.0 Å². The Morgan fingerprint density at radius 1 is 1.32 bits per heavy atom. The van der Waals surface area contributed by atoms with Gasteiger partial charge in [0.25, 0.3) is 5.91 Å². The first-order valence-electron chi connectivity index (χ1n) is 7.64. The number of hydrogen-bond donors (Lipinski definition) is 1. The third kappa shape index (κ3) is 3.08. The smallest absolute Gasteiger partial charge is 0.271 e. The molecule has 22 heavy (non-hydrogen) atoms. The molecule has 1 N–H and O–H groups in total. The second-order valence-corrected chi connectivity index (χ2v) is 5.34. The van der Waals surface area contributed by atoms with Crippen molar-refractivity contribution in [2.45, 2.75) is 25.8 Å². The zero-order valence-corrected chi connectivity index (χ0v) is 12.6. The molecule has 0 aliphatic carbocycles. The van der Waals surface area contributed by atoms with Gasteiger partial charge in [0.05, 0.1) is 6.04 Å². The minimum absolute atomic E-state index is 0.182. The second kappa shape index (κ2) is 6.55. The van der Waals surface area contributed by atoms with E-state index in [9.17, 15) is 4.79 Å². The van der Waals surface area contributed by atoms with Gasteiger partial charge in [0.2, 0.25) is 0 Å². The molecule has 7 nitrogen and oxygen atoms in total. The van der Waals surface area contributed by atoms with Crippen LogP contribution in [-0.4, -0.2) is 45.5 Å². The largest absolute Gasteiger partial charge is 0.355 e. The van der Waals surface area contributed by atoms with E-state index in [0.717, 1.165) is 31.7 Å². The predicted molar refractivity (Wildman–Crippen MR) is 82.8 cm³/mol. The summed E-state index contributed by atoms with van der Waals surface area (Å²) in [6.45, 7) is 4.30. The van der Waals surface area contributed by atoms with E-state index in [2.05, 4.69) is 25.5 Å². The molecule has 0 unspecified atom stereocenters. The molecule has 2 aromatic rings. The maximum atomic E-state index is 11.7. The summed E-state index contributed by atoms with van der Waals surface area (Å²) >= 11 is 0. The van der Waals surface area contributed by atoms with Crippen LogP contribution < -0.4 is 10.2 Å². The summed E-state index contributed by atoms with van der Waals surface area (Å²) in [7, 11) is 0. The molecule has 0 spiro atoms. The molecular formula is C15H20N6O. The fourth-order valence-electron chi connectivity index (χ4n) is 2.72. The Hall–Kier alpha value is -2.44. The molecule has 2 aromatic heterocycles. The molecule has 3 rings (SSSR count). The lowest BCUT2D eigenvalue weighted by molar-refractivity contribution is 0.0950. The van der Waals surface area contributed by atoms with Crippen LogP contribution in [0.2, 0.25) is 0 Å². The minimum atomic E-state index is -0.182. The summed E-state index contributed by atoms with van der Waals surface area (Å²) in [6, 6.07) is 6.00. The number of carbonyl (C=O) groups is 1. The molecule has 0 atom stereocenters. The van der Waals surface area contributed by atoms with Gasteiger partial charge in [-0.3, -0.25) is 9.48 Å². The first-order valence-corrected chi connectivity index (χ1v) is 7.64. The maximum Gasteiger partial charge on any atom is 0.271 e. The van der Waals surface area contributed by atoms with Crippen LogP contribution >= 0.6 is 0 Å². The number of nitrogens with zero attached hydrogens (tertiary/aromatic N) is 5. The van der Waals surface area contributed by atoms with Gasteiger partial charge in [-0.25, -0.2) is 0 Å². The highest BCUT2D eigenvalue weighted by molar-refractivity contribution is 5.92. The van der Waals surface area contributed by atoms with Gasteiger partial charge in [0.15, 0.2) is 11.5 Å². The Kier molecular flexibility index (Phi) is 4.32. The minimum Gasteiger partial charge on any atom is -0.355 e. The molecule has 116 valence electrons. The normalized spacial score (nSPS) is 15.8. The van der Waals surface area contributed by atoms with Crippen LogP contribution in [0.5, 0.6) is 0 Å². The standard InChI is InChI=1S/C15H20N6O/c1-2-16-15(22)13-4-5-14(19-18-13)20-10-6-12(7-11-20)21-9-3-8-17-21/h3-5,8-9,12H,2,6-7,10-11H2,1H3,(H,16,22). The molecule has 0 saturated carbocycles. The van der Waals surface area contributed by atoms with Gasteiger partial charge < -0.3 is 10.2 Å². The number of rotatable bonds is 4. The lowest BCUT2D eigenvalue weighted by atomic mass is 10.1. The molecule has 1 amide bonds. The van der Waals surface area contributed by atoms with E-state index in [1.165, 1.54) is 0 Å². The van der Waals surface area contributed by atoms with E-state index in [1.54, 1.807) is 6.07 Å².